The third-order valence-corrected chi connectivity index (χ3v) is 5.72. The first-order valence-electron chi connectivity index (χ1n) is 8.92. The number of para-hydroxylation sites is 1. The molecule has 10 heteroatoms. The van der Waals surface area contributed by atoms with Crippen molar-refractivity contribution in [3.05, 3.63) is 60.3 Å². The second kappa shape index (κ2) is 8.37. The zero-order valence-electron chi connectivity index (χ0n) is 16.3. The van der Waals surface area contributed by atoms with Crippen molar-refractivity contribution in [3.8, 4) is 0 Å². The first-order valence-corrected chi connectivity index (χ1v) is 10.4. The van der Waals surface area contributed by atoms with Crippen molar-refractivity contribution in [2.75, 3.05) is 18.9 Å². The lowest BCUT2D eigenvalue weighted by molar-refractivity contribution is -0.117. The Bertz CT molecular complexity index is 1220. The molecule has 0 aliphatic carbocycles. The molecule has 0 atom stereocenters. The van der Waals surface area contributed by atoms with E-state index in [0.29, 0.717) is 11.3 Å². The maximum absolute atomic E-state index is 12.7. The van der Waals surface area contributed by atoms with Crippen molar-refractivity contribution in [3.63, 3.8) is 0 Å². The molecule has 0 saturated heterocycles. The average Bonchev–Trinajstić information content (AvgIpc) is 3.10. The molecule has 0 aliphatic rings. The Morgan fingerprint density at radius 2 is 1.70 bits per heavy atom. The number of carbonyl (C=O) groups excluding carboxylic acids is 3. The van der Waals surface area contributed by atoms with Crippen LogP contribution in [0, 0.1) is 0 Å². The van der Waals surface area contributed by atoms with Crippen LogP contribution in [0.4, 0.5) is 5.69 Å². The fourth-order valence-corrected chi connectivity index (χ4v) is 3.90. The third-order valence-electron chi connectivity index (χ3n) is 4.27. The summed E-state index contributed by atoms with van der Waals surface area (Å²) in [5, 5.41) is 3.38. The van der Waals surface area contributed by atoms with E-state index in [1.165, 1.54) is 36.2 Å². The van der Waals surface area contributed by atoms with Gasteiger partial charge in [0, 0.05) is 36.8 Å². The number of sulfonamides is 1. The lowest BCUT2D eigenvalue weighted by Crippen LogP contribution is -2.34. The van der Waals surface area contributed by atoms with Gasteiger partial charge in [-0.2, -0.15) is 0 Å². The van der Waals surface area contributed by atoms with Crippen LogP contribution in [0.15, 0.2) is 59.6 Å². The number of H-pyrrole nitrogens is 1. The Kier molecular flexibility index (Phi) is 5.88. The summed E-state index contributed by atoms with van der Waals surface area (Å²) in [4.78, 5) is 40.2. The van der Waals surface area contributed by atoms with Crippen molar-refractivity contribution in [1.82, 2.24) is 14.6 Å². The Balaban J connectivity index is 1.64. The highest BCUT2D eigenvalue weighted by Gasteiger charge is 2.19. The highest BCUT2D eigenvalue weighted by atomic mass is 32.2. The summed E-state index contributed by atoms with van der Waals surface area (Å²) in [7, 11) is -2.43. The lowest BCUT2D eigenvalue weighted by Gasteiger charge is -2.16. The summed E-state index contributed by atoms with van der Waals surface area (Å²) in [5.74, 6) is -1.45. The number of likely N-dealkylation sites (N-methyl/N-ethyl adjacent to an activating group) is 1. The van der Waals surface area contributed by atoms with Gasteiger partial charge >= 0.3 is 0 Å². The first kappa shape index (κ1) is 21.1. The smallest absolute Gasteiger partial charge is 0.264 e. The summed E-state index contributed by atoms with van der Waals surface area (Å²) in [5.41, 5.74) is 1.65. The molecule has 0 aliphatic heterocycles. The predicted octanol–water partition coefficient (Wildman–Crippen LogP) is 1.70. The average molecular weight is 428 g/mol. The van der Waals surface area contributed by atoms with Crippen molar-refractivity contribution in [1.29, 1.82) is 0 Å². The van der Waals surface area contributed by atoms with E-state index in [0.717, 1.165) is 17.8 Å². The molecular formula is C20H20N4O5S. The van der Waals surface area contributed by atoms with Gasteiger partial charge in [0.1, 0.15) is 0 Å². The largest absolute Gasteiger partial charge is 0.360 e. The predicted molar refractivity (Wildman–Crippen MR) is 111 cm³/mol. The van der Waals surface area contributed by atoms with Gasteiger partial charge < -0.3 is 15.2 Å². The quantitative estimate of drug-likeness (QED) is 0.551. The minimum absolute atomic E-state index is 0.109. The van der Waals surface area contributed by atoms with Crippen LogP contribution in [0.25, 0.3) is 10.9 Å². The van der Waals surface area contributed by atoms with Gasteiger partial charge in [0.05, 0.1) is 17.0 Å². The highest BCUT2D eigenvalue weighted by molar-refractivity contribution is 7.90. The van der Waals surface area contributed by atoms with Crippen LogP contribution in [-0.4, -0.2) is 49.6 Å². The van der Waals surface area contributed by atoms with Crippen LogP contribution in [0.3, 0.4) is 0 Å². The first-order chi connectivity index (χ1) is 14.2. The van der Waals surface area contributed by atoms with E-state index in [9.17, 15) is 22.8 Å². The van der Waals surface area contributed by atoms with Gasteiger partial charge in [-0.25, -0.2) is 13.1 Å². The number of nitrogens with zero attached hydrogens (tertiary/aromatic N) is 1. The number of aromatic amines is 1. The normalized spacial score (nSPS) is 11.1. The maximum atomic E-state index is 12.7. The molecule has 3 amide bonds. The Morgan fingerprint density at radius 3 is 2.37 bits per heavy atom. The van der Waals surface area contributed by atoms with E-state index in [1.807, 2.05) is 29.0 Å². The number of carbonyl (C=O) groups is 3. The molecule has 2 aromatic carbocycles. The SMILES string of the molecule is CC(=O)NS(=O)(=O)c1ccc(NC(=O)CN(C)C(=O)c2c[nH]c3ccccc23)cc1. The fraction of sp³-hybridized carbons (Fsp3) is 0.150. The van der Waals surface area contributed by atoms with Crippen molar-refractivity contribution in [2.45, 2.75) is 11.8 Å². The van der Waals surface area contributed by atoms with E-state index in [1.54, 1.807) is 6.20 Å². The maximum Gasteiger partial charge on any atom is 0.264 e. The molecule has 0 fully saturated rings. The van der Waals surface area contributed by atoms with Gasteiger partial charge in [-0.1, -0.05) is 18.2 Å². The van der Waals surface area contributed by atoms with Gasteiger partial charge in [0.15, 0.2) is 0 Å². The number of rotatable bonds is 6. The molecule has 1 aromatic heterocycles. The van der Waals surface area contributed by atoms with Crippen molar-refractivity contribution >= 4 is 44.3 Å². The number of anilines is 1. The van der Waals surface area contributed by atoms with Crippen molar-refractivity contribution < 1.29 is 22.8 Å². The summed E-state index contributed by atoms with van der Waals surface area (Å²) in [6.45, 7) is 0.907. The summed E-state index contributed by atoms with van der Waals surface area (Å²) >= 11 is 0. The van der Waals surface area contributed by atoms with E-state index in [4.69, 9.17) is 0 Å². The lowest BCUT2D eigenvalue weighted by atomic mass is 10.1. The fourth-order valence-electron chi connectivity index (χ4n) is 2.91. The van der Waals surface area contributed by atoms with E-state index < -0.39 is 21.8 Å². The molecule has 156 valence electrons. The summed E-state index contributed by atoms with van der Waals surface area (Å²) < 4.78 is 25.7. The monoisotopic (exact) mass is 428 g/mol. The Morgan fingerprint density at radius 1 is 1.03 bits per heavy atom. The number of hydrogen-bond donors (Lipinski definition) is 3. The van der Waals surface area contributed by atoms with Gasteiger partial charge in [-0.05, 0) is 30.3 Å². The number of nitrogens with one attached hydrogen (secondary N) is 3. The Hall–Kier alpha value is -3.66. The molecule has 3 aromatic rings. The van der Waals surface area contributed by atoms with Gasteiger partial charge in [-0.3, -0.25) is 14.4 Å². The second-order valence-corrected chi connectivity index (χ2v) is 8.33. The van der Waals surface area contributed by atoms with E-state index >= 15 is 0 Å². The summed E-state index contributed by atoms with van der Waals surface area (Å²) in [6.07, 6.45) is 1.61. The molecule has 0 radical (unpaired) electrons. The zero-order chi connectivity index (χ0) is 21.9. The zero-order valence-corrected chi connectivity index (χ0v) is 17.1. The van der Waals surface area contributed by atoms with Crippen LogP contribution in [0.2, 0.25) is 0 Å². The van der Waals surface area contributed by atoms with Crippen LogP contribution in [0.5, 0.6) is 0 Å². The number of amides is 3. The molecule has 9 nitrogen and oxygen atoms in total. The number of fused-ring (bicyclic) bond motifs is 1. The van der Waals surface area contributed by atoms with E-state index in [2.05, 4.69) is 10.3 Å². The van der Waals surface area contributed by atoms with Gasteiger partial charge in [0.25, 0.3) is 15.9 Å². The van der Waals surface area contributed by atoms with Crippen LogP contribution in [0.1, 0.15) is 17.3 Å². The number of benzene rings is 2. The van der Waals surface area contributed by atoms with Crippen LogP contribution >= 0.6 is 0 Å². The van der Waals surface area contributed by atoms with Crippen molar-refractivity contribution in [2.24, 2.45) is 0 Å². The standard InChI is InChI=1S/C20H20N4O5S/c1-13(25)23-30(28,29)15-9-7-14(8-10-15)22-19(26)12-24(2)20(27)17-11-21-18-6-4-3-5-16(17)18/h3-11,21H,12H2,1-2H3,(H,22,26)(H,23,25). The summed E-state index contributed by atoms with van der Waals surface area (Å²) in [6, 6.07) is 12.7. The number of aromatic nitrogens is 1. The molecule has 3 rings (SSSR count). The highest BCUT2D eigenvalue weighted by Crippen LogP contribution is 2.19. The minimum atomic E-state index is -3.95. The molecule has 3 N–H and O–H groups in total. The number of hydrogen-bond acceptors (Lipinski definition) is 5. The van der Waals surface area contributed by atoms with Crippen LogP contribution in [-0.2, 0) is 19.6 Å². The molecule has 30 heavy (non-hydrogen) atoms. The molecule has 0 unspecified atom stereocenters. The molecule has 1 heterocycles. The van der Waals surface area contributed by atoms with Crippen LogP contribution < -0.4 is 10.0 Å². The molecule has 0 bridgehead atoms. The van der Waals surface area contributed by atoms with E-state index in [-0.39, 0.29) is 17.3 Å². The third kappa shape index (κ3) is 4.66. The Labute approximate surface area is 173 Å². The van der Waals surface area contributed by atoms with Gasteiger partial charge in [-0.15, -0.1) is 0 Å². The second-order valence-electron chi connectivity index (χ2n) is 6.64. The molecular weight excluding hydrogens is 408 g/mol. The molecule has 0 spiro atoms. The topological polar surface area (TPSA) is 128 Å². The molecule has 0 saturated carbocycles. The minimum Gasteiger partial charge on any atom is -0.360 e. The van der Waals surface area contributed by atoms with Gasteiger partial charge in [0.2, 0.25) is 11.8 Å².